The zero-order valence-electron chi connectivity index (χ0n) is 11.6. The SMILES string of the molecule is CCC(CC)C(Cl)CNS(=O)(=O)CC(C)(C)C. The Hall–Kier alpha value is 0.200. The van der Waals surface area contributed by atoms with Gasteiger partial charge in [-0.2, -0.15) is 0 Å². The van der Waals surface area contributed by atoms with Crippen molar-refractivity contribution in [3.63, 3.8) is 0 Å². The third kappa shape index (κ3) is 8.01. The van der Waals surface area contributed by atoms with Gasteiger partial charge in [0.05, 0.1) is 5.75 Å². The van der Waals surface area contributed by atoms with Crippen LogP contribution in [0.15, 0.2) is 0 Å². The van der Waals surface area contributed by atoms with Crippen LogP contribution in [0.2, 0.25) is 0 Å². The lowest BCUT2D eigenvalue weighted by atomic mass is 9.99. The highest BCUT2D eigenvalue weighted by Gasteiger charge is 2.23. The van der Waals surface area contributed by atoms with Crippen LogP contribution in [-0.2, 0) is 10.0 Å². The van der Waals surface area contributed by atoms with E-state index in [0.29, 0.717) is 12.5 Å². The van der Waals surface area contributed by atoms with Gasteiger partial charge in [0.25, 0.3) is 0 Å². The molecule has 0 heterocycles. The number of rotatable bonds is 7. The predicted octanol–water partition coefficient (Wildman–Crippen LogP) is 3.00. The molecular formula is C12H26ClNO2S. The van der Waals surface area contributed by atoms with Crippen molar-refractivity contribution in [2.24, 2.45) is 11.3 Å². The third-order valence-electron chi connectivity index (χ3n) is 2.68. The van der Waals surface area contributed by atoms with E-state index in [-0.39, 0.29) is 16.5 Å². The van der Waals surface area contributed by atoms with E-state index >= 15 is 0 Å². The van der Waals surface area contributed by atoms with E-state index in [1.165, 1.54) is 0 Å². The second-order valence-electron chi connectivity index (χ2n) is 5.76. The highest BCUT2D eigenvalue weighted by atomic mass is 35.5. The van der Waals surface area contributed by atoms with Crippen LogP contribution in [-0.4, -0.2) is 26.1 Å². The summed E-state index contributed by atoms with van der Waals surface area (Å²) < 4.78 is 26.2. The van der Waals surface area contributed by atoms with Gasteiger partial charge in [-0.15, -0.1) is 11.6 Å². The molecule has 0 aliphatic rings. The Morgan fingerprint density at radius 3 is 2.00 bits per heavy atom. The summed E-state index contributed by atoms with van der Waals surface area (Å²) in [7, 11) is -3.22. The fourth-order valence-corrected chi connectivity index (χ4v) is 4.00. The molecule has 1 N–H and O–H groups in total. The van der Waals surface area contributed by atoms with Crippen LogP contribution >= 0.6 is 11.6 Å². The quantitative estimate of drug-likeness (QED) is 0.730. The van der Waals surface area contributed by atoms with Crippen LogP contribution in [0, 0.1) is 11.3 Å². The van der Waals surface area contributed by atoms with Crippen molar-refractivity contribution in [2.45, 2.75) is 52.8 Å². The van der Waals surface area contributed by atoms with Gasteiger partial charge in [0, 0.05) is 11.9 Å². The van der Waals surface area contributed by atoms with Crippen molar-refractivity contribution in [3.05, 3.63) is 0 Å². The molecule has 0 aliphatic carbocycles. The van der Waals surface area contributed by atoms with Gasteiger partial charge in [0.2, 0.25) is 10.0 Å². The summed E-state index contributed by atoms with van der Waals surface area (Å²) in [6.45, 7) is 10.2. The Morgan fingerprint density at radius 1 is 1.18 bits per heavy atom. The molecule has 0 aromatic heterocycles. The van der Waals surface area contributed by atoms with Crippen LogP contribution < -0.4 is 4.72 Å². The smallest absolute Gasteiger partial charge is 0.212 e. The van der Waals surface area contributed by atoms with Crippen molar-refractivity contribution in [2.75, 3.05) is 12.3 Å². The average molecular weight is 284 g/mol. The molecule has 0 fully saturated rings. The van der Waals surface area contributed by atoms with Gasteiger partial charge in [-0.05, 0) is 11.3 Å². The lowest BCUT2D eigenvalue weighted by Crippen LogP contribution is -2.37. The highest BCUT2D eigenvalue weighted by Crippen LogP contribution is 2.19. The number of sulfonamides is 1. The zero-order chi connectivity index (χ0) is 13.7. The monoisotopic (exact) mass is 283 g/mol. The molecular weight excluding hydrogens is 258 g/mol. The zero-order valence-corrected chi connectivity index (χ0v) is 13.2. The van der Waals surface area contributed by atoms with Gasteiger partial charge in [0.15, 0.2) is 0 Å². The maximum atomic E-state index is 11.8. The fourth-order valence-electron chi connectivity index (χ4n) is 1.79. The molecule has 0 saturated heterocycles. The molecule has 0 spiro atoms. The highest BCUT2D eigenvalue weighted by molar-refractivity contribution is 7.89. The Morgan fingerprint density at radius 2 is 1.65 bits per heavy atom. The summed E-state index contributed by atoms with van der Waals surface area (Å²) in [4.78, 5) is 0. The lowest BCUT2D eigenvalue weighted by molar-refractivity contribution is 0.445. The molecule has 1 unspecified atom stereocenters. The topological polar surface area (TPSA) is 46.2 Å². The maximum Gasteiger partial charge on any atom is 0.212 e. The van der Waals surface area contributed by atoms with Crippen molar-refractivity contribution in [1.29, 1.82) is 0 Å². The summed E-state index contributed by atoms with van der Waals surface area (Å²) >= 11 is 6.20. The first kappa shape index (κ1) is 17.2. The molecule has 0 radical (unpaired) electrons. The standard InChI is InChI=1S/C12H26ClNO2S/c1-6-10(7-2)11(13)8-14-17(15,16)9-12(3,4)5/h10-11,14H,6-9H2,1-5H3. The molecule has 0 saturated carbocycles. The van der Waals surface area contributed by atoms with Crippen LogP contribution in [0.5, 0.6) is 0 Å². The van der Waals surface area contributed by atoms with E-state index < -0.39 is 10.0 Å². The van der Waals surface area contributed by atoms with Gasteiger partial charge in [0.1, 0.15) is 0 Å². The number of hydrogen-bond donors (Lipinski definition) is 1. The molecule has 0 aromatic carbocycles. The molecule has 0 rings (SSSR count). The molecule has 0 amide bonds. The number of nitrogens with one attached hydrogen (secondary N) is 1. The number of alkyl halides is 1. The number of halogens is 1. The van der Waals surface area contributed by atoms with E-state index in [2.05, 4.69) is 18.6 Å². The van der Waals surface area contributed by atoms with Gasteiger partial charge in [-0.1, -0.05) is 47.5 Å². The molecule has 104 valence electrons. The molecule has 0 aromatic rings. The molecule has 0 aliphatic heterocycles. The van der Waals surface area contributed by atoms with E-state index in [4.69, 9.17) is 11.6 Å². The molecule has 17 heavy (non-hydrogen) atoms. The van der Waals surface area contributed by atoms with Crippen LogP contribution in [0.25, 0.3) is 0 Å². The molecule has 3 nitrogen and oxygen atoms in total. The normalized spacial score (nSPS) is 15.2. The Balaban J connectivity index is 4.28. The number of hydrogen-bond acceptors (Lipinski definition) is 2. The van der Waals surface area contributed by atoms with E-state index in [9.17, 15) is 8.42 Å². The third-order valence-corrected chi connectivity index (χ3v) is 5.04. The van der Waals surface area contributed by atoms with E-state index in [1.807, 2.05) is 20.8 Å². The predicted molar refractivity (Wildman–Crippen MR) is 75.0 cm³/mol. The van der Waals surface area contributed by atoms with Crippen LogP contribution in [0.4, 0.5) is 0 Å². The second-order valence-corrected chi connectivity index (χ2v) is 8.13. The Labute approximate surface area is 111 Å². The minimum atomic E-state index is -3.22. The maximum absolute atomic E-state index is 11.8. The molecule has 1 atom stereocenters. The van der Waals surface area contributed by atoms with Crippen molar-refractivity contribution in [3.8, 4) is 0 Å². The van der Waals surface area contributed by atoms with Crippen molar-refractivity contribution in [1.82, 2.24) is 4.72 Å². The van der Waals surface area contributed by atoms with Crippen molar-refractivity contribution >= 4 is 21.6 Å². The summed E-state index contributed by atoms with van der Waals surface area (Å²) in [5, 5.41) is -0.125. The van der Waals surface area contributed by atoms with Gasteiger partial charge < -0.3 is 0 Å². The Bertz CT molecular complexity index is 305. The Kier molecular flexibility index (Phi) is 7.04. The minimum absolute atomic E-state index is 0.125. The average Bonchev–Trinajstić information content (AvgIpc) is 2.13. The van der Waals surface area contributed by atoms with E-state index in [1.54, 1.807) is 0 Å². The van der Waals surface area contributed by atoms with Crippen LogP contribution in [0.1, 0.15) is 47.5 Å². The molecule has 0 bridgehead atoms. The fraction of sp³-hybridized carbons (Fsp3) is 1.00. The summed E-state index contributed by atoms with van der Waals surface area (Å²) in [5.74, 6) is 0.501. The lowest BCUT2D eigenvalue weighted by Gasteiger charge is -2.22. The van der Waals surface area contributed by atoms with Gasteiger partial charge in [-0.3, -0.25) is 0 Å². The van der Waals surface area contributed by atoms with Gasteiger partial charge in [-0.25, -0.2) is 13.1 Å². The first-order valence-corrected chi connectivity index (χ1v) is 8.31. The van der Waals surface area contributed by atoms with Gasteiger partial charge >= 0.3 is 0 Å². The van der Waals surface area contributed by atoms with Crippen LogP contribution in [0.3, 0.4) is 0 Å². The summed E-state index contributed by atoms with van der Waals surface area (Å²) in [6, 6.07) is 0. The van der Waals surface area contributed by atoms with E-state index in [0.717, 1.165) is 12.8 Å². The first-order valence-electron chi connectivity index (χ1n) is 6.22. The minimum Gasteiger partial charge on any atom is -0.214 e. The summed E-state index contributed by atoms with van der Waals surface area (Å²) in [5.41, 5.74) is -0.234. The first-order chi connectivity index (χ1) is 7.61. The summed E-state index contributed by atoms with van der Waals surface area (Å²) in [6.07, 6.45) is 1.96. The second kappa shape index (κ2) is 6.95. The molecule has 5 heteroatoms. The largest absolute Gasteiger partial charge is 0.214 e. The van der Waals surface area contributed by atoms with Crippen molar-refractivity contribution < 1.29 is 8.42 Å².